The van der Waals surface area contributed by atoms with E-state index in [-0.39, 0.29) is 0 Å². The van der Waals surface area contributed by atoms with Crippen molar-refractivity contribution in [1.82, 2.24) is 10.3 Å². The predicted octanol–water partition coefficient (Wildman–Crippen LogP) is 2.69. The zero-order chi connectivity index (χ0) is 12.1. The number of hydrogen-bond donors (Lipinski definition) is 1. The quantitative estimate of drug-likeness (QED) is 0.895. The summed E-state index contributed by atoms with van der Waals surface area (Å²) in [4.78, 5) is 8.71. The van der Waals surface area contributed by atoms with E-state index in [4.69, 9.17) is 0 Å². The lowest BCUT2D eigenvalue weighted by Crippen LogP contribution is -2.41. The summed E-state index contributed by atoms with van der Waals surface area (Å²) in [6.45, 7) is 5.23. The summed E-state index contributed by atoms with van der Waals surface area (Å²) in [6.07, 6.45) is 4.89. The molecule has 1 N–H and O–H groups in total. The van der Waals surface area contributed by atoms with E-state index in [9.17, 15) is 0 Å². The molecule has 92 valence electrons. The Morgan fingerprint density at radius 3 is 3.18 bits per heavy atom. The molecule has 0 aliphatic carbocycles. The molecule has 1 aliphatic rings. The maximum Gasteiger partial charge on any atom is 0.157 e. The van der Waals surface area contributed by atoms with Gasteiger partial charge in [0.25, 0.3) is 0 Å². The number of rotatable bonds is 3. The van der Waals surface area contributed by atoms with E-state index in [1.165, 1.54) is 12.2 Å². The summed E-state index contributed by atoms with van der Waals surface area (Å²) in [5.41, 5.74) is 1.16. The molecule has 17 heavy (non-hydrogen) atoms. The van der Waals surface area contributed by atoms with Gasteiger partial charge in [0, 0.05) is 24.2 Å². The lowest BCUT2D eigenvalue weighted by Gasteiger charge is -2.28. The average Bonchev–Trinajstić information content (AvgIpc) is 2.38. The molecule has 0 bridgehead atoms. The zero-order valence-corrected chi connectivity index (χ0v) is 11.2. The summed E-state index contributed by atoms with van der Waals surface area (Å²) in [6, 6.07) is 4.59. The number of thioether (sulfide) groups is 1. The van der Waals surface area contributed by atoms with Crippen LogP contribution in [0.1, 0.15) is 25.8 Å². The number of hydrogen-bond acceptors (Lipinski definition) is 3. The molecule has 1 aromatic rings. The zero-order valence-electron chi connectivity index (χ0n) is 10.4. The van der Waals surface area contributed by atoms with E-state index in [1.807, 2.05) is 24.0 Å². The van der Waals surface area contributed by atoms with Crippen LogP contribution in [0.15, 0.2) is 29.5 Å². The first-order chi connectivity index (χ1) is 8.25. The Balaban J connectivity index is 1.93. The first kappa shape index (κ1) is 12.4. The van der Waals surface area contributed by atoms with Gasteiger partial charge in [0.15, 0.2) is 5.17 Å². The van der Waals surface area contributed by atoms with E-state index in [2.05, 4.69) is 35.2 Å². The molecule has 0 saturated carbocycles. The maximum atomic E-state index is 4.61. The van der Waals surface area contributed by atoms with Gasteiger partial charge < -0.3 is 5.32 Å². The van der Waals surface area contributed by atoms with Crippen molar-refractivity contribution in [3.63, 3.8) is 0 Å². The topological polar surface area (TPSA) is 37.3 Å². The van der Waals surface area contributed by atoms with Crippen LogP contribution >= 0.6 is 11.8 Å². The maximum absolute atomic E-state index is 4.61. The third-order valence-corrected chi connectivity index (χ3v) is 3.87. The van der Waals surface area contributed by atoms with Crippen LogP contribution in [0.2, 0.25) is 0 Å². The van der Waals surface area contributed by atoms with Crippen molar-refractivity contribution in [2.75, 3.05) is 5.75 Å². The molecule has 0 aromatic carbocycles. The van der Waals surface area contributed by atoms with E-state index < -0.39 is 0 Å². The Bertz CT molecular complexity index is 376. The van der Waals surface area contributed by atoms with Crippen molar-refractivity contribution in [3.05, 3.63) is 30.1 Å². The second-order valence-corrected chi connectivity index (χ2v) is 5.70. The highest BCUT2D eigenvalue weighted by Gasteiger charge is 2.19. The van der Waals surface area contributed by atoms with Crippen LogP contribution < -0.4 is 5.32 Å². The minimum Gasteiger partial charge on any atom is -0.362 e. The van der Waals surface area contributed by atoms with Crippen molar-refractivity contribution in [3.8, 4) is 0 Å². The molecule has 1 saturated heterocycles. The standard InChI is InChI=1S/C13H19N3S/c1-10(2)12-5-7-17-13(16-12)15-9-11-4-3-6-14-8-11/h3-4,6,8,10,12H,5,7,9H2,1-2H3,(H,15,16). The SMILES string of the molecule is CC(C)C1CCSC(=NCc2cccnc2)N1. The van der Waals surface area contributed by atoms with Crippen LogP contribution in [0.25, 0.3) is 0 Å². The summed E-state index contributed by atoms with van der Waals surface area (Å²) < 4.78 is 0. The Morgan fingerprint density at radius 2 is 2.47 bits per heavy atom. The van der Waals surface area contributed by atoms with Crippen molar-refractivity contribution < 1.29 is 0 Å². The molecule has 2 rings (SSSR count). The highest BCUT2D eigenvalue weighted by Crippen LogP contribution is 2.19. The second kappa shape index (κ2) is 6.05. The smallest absolute Gasteiger partial charge is 0.157 e. The van der Waals surface area contributed by atoms with Crippen LogP contribution in [0, 0.1) is 5.92 Å². The lowest BCUT2D eigenvalue weighted by atomic mass is 10.0. The molecular weight excluding hydrogens is 230 g/mol. The molecule has 2 heterocycles. The van der Waals surface area contributed by atoms with Crippen molar-refractivity contribution in [2.45, 2.75) is 32.9 Å². The van der Waals surface area contributed by atoms with Gasteiger partial charge in [-0.15, -0.1) is 0 Å². The Kier molecular flexibility index (Phi) is 4.42. The third kappa shape index (κ3) is 3.73. The van der Waals surface area contributed by atoms with Gasteiger partial charge in [0.05, 0.1) is 6.54 Å². The Labute approximate surface area is 107 Å². The number of aromatic nitrogens is 1. The monoisotopic (exact) mass is 249 g/mol. The van der Waals surface area contributed by atoms with Gasteiger partial charge in [0.1, 0.15) is 0 Å². The first-order valence-corrected chi connectivity index (χ1v) is 7.07. The molecule has 3 nitrogen and oxygen atoms in total. The summed E-state index contributed by atoms with van der Waals surface area (Å²) in [5, 5.41) is 4.60. The molecule has 1 aromatic heterocycles. The number of pyridine rings is 1. The minimum absolute atomic E-state index is 0.573. The van der Waals surface area contributed by atoms with Crippen molar-refractivity contribution in [1.29, 1.82) is 0 Å². The number of nitrogens with one attached hydrogen (secondary N) is 1. The highest BCUT2D eigenvalue weighted by atomic mass is 32.2. The molecule has 1 fully saturated rings. The fourth-order valence-corrected chi connectivity index (χ4v) is 2.76. The minimum atomic E-state index is 0.573. The van der Waals surface area contributed by atoms with Gasteiger partial charge >= 0.3 is 0 Å². The predicted molar refractivity (Wildman–Crippen MR) is 74.2 cm³/mol. The molecule has 1 aliphatic heterocycles. The van der Waals surface area contributed by atoms with E-state index >= 15 is 0 Å². The highest BCUT2D eigenvalue weighted by molar-refractivity contribution is 8.13. The fraction of sp³-hybridized carbons (Fsp3) is 0.538. The molecule has 1 atom stereocenters. The van der Waals surface area contributed by atoms with Gasteiger partial charge in [0.2, 0.25) is 0 Å². The Morgan fingerprint density at radius 1 is 1.59 bits per heavy atom. The van der Waals surface area contributed by atoms with Crippen LogP contribution in [-0.2, 0) is 6.54 Å². The molecule has 1 unspecified atom stereocenters. The first-order valence-electron chi connectivity index (χ1n) is 6.08. The van der Waals surface area contributed by atoms with E-state index in [0.717, 1.165) is 10.7 Å². The number of amidine groups is 1. The summed E-state index contributed by atoms with van der Waals surface area (Å²) in [5.74, 6) is 1.83. The van der Waals surface area contributed by atoms with Gasteiger partial charge in [-0.1, -0.05) is 31.7 Å². The molecular formula is C13H19N3S. The fourth-order valence-electron chi connectivity index (χ4n) is 1.80. The number of aliphatic imine (C=N–C) groups is 1. The second-order valence-electron chi connectivity index (χ2n) is 4.61. The van der Waals surface area contributed by atoms with Crippen molar-refractivity contribution >= 4 is 16.9 Å². The summed E-state index contributed by atoms with van der Waals surface area (Å²) in [7, 11) is 0. The van der Waals surface area contributed by atoms with E-state index in [1.54, 1.807) is 6.20 Å². The molecule has 0 spiro atoms. The van der Waals surface area contributed by atoms with Gasteiger partial charge in [-0.2, -0.15) is 0 Å². The van der Waals surface area contributed by atoms with Gasteiger partial charge in [-0.25, -0.2) is 0 Å². The van der Waals surface area contributed by atoms with Crippen molar-refractivity contribution in [2.24, 2.45) is 10.9 Å². The lowest BCUT2D eigenvalue weighted by molar-refractivity contribution is 0.442. The largest absolute Gasteiger partial charge is 0.362 e. The Hall–Kier alpha value is -1.03. The number of nitrogens with zero attached hydrogens (tertiary/aromatic N) is 2. The normalized spacial score (nSPS) is 22.8. The average molecular weight is 249 g/mol. The van der Waals surface area contributed by atoms with Crippen LogP contribution in [0.4, 0.5) is 0 Å². The molecule has 4 heteroatoms. The van der Waals surface area contributed by atoms with Crippen LogP contribution in [-0.4, -0.2) is 21.9 Å². The van der Waals surface area contributed by atoms with Crippen LogP contribution in [0.5, 0.6) is 0 Å². The van der Waals surface area contributed by atoms with Gasteiger partial charge in [-0.05, 0) is 24.0 Å². The van der Waals surface area contributed by atoms with Gasteiger partial charge in [-0.3, -0.25) is 9.98 Å². The van der Waals surface area contributed by atoms with E-state index in [0.29, 0.717) is 18.5 Å². The molecule has 0 radical (unpaired) electrons. The third-order valence-electron chi connectivity index (χ3n) is 2.91. The van der Waals surface area contributed by atoms with Crippen LogP contribution in [0.3, 0.4) is 0 Å². The summed E-state index contributed by atoms with van der Waals surface area (Å²) >= 11 is 1.82. The molecule has 0 amide bonds.